The van der Waals surface area contributed by atoms with E-state index in [0.717, 1.165) is 5.56 Å². The highest BCUT2D eigenvalue weighted by atomic mass is 35.5. The van der Waals surface area contributed by atoms with E-state index in [2.05, 4.69) is 20.8 Å². The van der Waals surface area contributed by atoms with Crippen LogP contribution >= 0.6 is 11.6 Å². The first-order chi connectivity index (χ1) is 9.61. The fourth-order valence-corrected chi connectivity index (χ4v) is 2.22. The predicted octanol–water partition coefficient (Wildman–Crippen LogP) is 3.84. The number of rotatable bonds is 5. The van der Waals surface area contributed by atoms with Gasteiger partial charge in [-0.2, -0.15) is 0 Å². The van der Waals surface area contributed by atoms with Crippen LogP contribution in [0.1, 0.15) is 46.6 Å². The minimum absolute atomic E-state index is 0.0750. The van der Waals surface area contributed by atoms with Crippen molar-refractivity contribution in [2.75, 3.05) is 0 Å². The van der Waals surface area contributed by atoms with Gasteiger partial charge in [0.25, 0.3) is 0 Å². The van der Waals surface area contributed by atoms with Crippen LogP contribution in [0.15, 0.2) is 24.3 Å². The molecule has 0 saturated carbocycles. The Labute approximate surface area is 133 Å². The molecule has 1 unspecified atom stereocenters. The molecule has 2 N–H and O–H groups in total. The number of hydrogen-bond acceptors (Lipinski definition) is 2. The average molecular weight is 311 g/mol. The smallest absolute Gasteiger partial charge is 0.224 e. The molecule has 0 spiro atoms. The summed E-state index contributed by atoms with van der Waals surface area (Å²) in [6.45, 7) is 10.8. The molecule has 0 aliphatic rings. The van der Waals surface area contributed by atoms with E-state index in [1.165, 1.54) is 0 Å². The Hall–Kier alpha value is -1.06. The molecule has 3 nitrogen and oxygen atoms in total. The van der Waals surface area contributed by atoms with Crippen molar-refractivity contribution in [1.82, 2.24) is 4.90 Å². The SMILES string of the molecule is CC(C)N(Cc1cccc(Cl)c1)C(=O)CC(N)C(C)(C)C. The molecule has 1 rings (SSSR count). The Balaban J connectivity index is 2.80. The topological polar surface area (TPSA) is 46.3 Å². The van der Waals surface area contributed by atoms with Crippen molar-refractivity contribution in [1.29, 1.82) is 0 Å². The van der Waals surface area contributed by atoms with E-state index < -0.39 is 0 Å². The Kier molecular flexibility index (Phi) is 6.24. The minimum Gasteiger partial charge on any atom is -0.336 e. The third kappa shape index (κ3) is 5.68. The van der Waals surface area contributed by atoms with Crippen LogP contribution < -0.4 is 5.73 Å². The summed E-state index contributed by atoms with van der Waals surface area (Å²) in [7, 11) is 0. The van der Waals surface area contributed by atoms with Crippen molar-refractivity contribution in [2.24, 2.45) is 11.1 Å². The minimum atomic E-state index is -0.148. The molecule has 0 aliphatic heterocycles. The predicted molar refractivity (Wildman–Crippen MR) is 89.2 cm³/mol. The second kappa shape index (κ2) is 7.28. The summed E-state index contributed by atoms with van der Waals surface area (Å²) < 4.78 is 0. The van der Waals surface area contributed by atoms with Crippen molar-refractivity contribution in [2.45, 2.75) is 59.7 Å². The number of hydrogen-bond donors (Lipinski definition) is 1. The van der Waals surface area contributed by atoms with Crippen LogP contribution in [0.3, 0.4) is 0 Å². The molecule has 0 saturated heterocycles. The standard InChI is InChI=1S/C17H27ClN2O/c1-12(2)20(11-13-7-6-8-14(18)9-13)16(21)10-15(19)17(3,4)5/h6-9,12,15H,10-11,19H2,1-5H3. The summed E-state index contributed by atoms with van der Waals surface area (Å²) in [5.41, 5.74) is 7.10. The quantitative estimate of drug-likeness (QED) is 0.898. The molecule has 0 aliphatic carbocycles. The van der Waals surface area contributed by atoms with Crippen LogP contribution in [0, 0.1) is 5.41 Å². The van der Waals surface area contributed by atoms with Crippen molar-refractivity contribution in [3.8, 4) is 0 Å². The van der Waals surface area contributed by atoms with E-state index in [1.54, 1.807) is 0 Å². The molecule has 0 radical (unpaired) electrons. The lowest BCUT2D eigenvalue weighted by atomic mass is 9.85. The Bertz CT molecular complexity index is 480. The van der Waals surface area contributed by atoms with Gasteiger partial charge in [0.15, 0.2) is 0 Å². The summed E-state index contributed by atoms with van der Waals surface area (Å²) in [5.74, 6) is 0.0902. The van der Waals surface area contributed by atoms with Gasteiger partial charge in [-0.1, -0.05) is 44.5 Å². The summed E-state index contributed by atoms with van der Waals surface area (Å²) in [5, 5.41) is 0.690. The maximum absolute atomic E-state index is 12.5. The normalized spacial score (nSPS) is 13.3. The van der Waals surface area contributed by atoms with Crippen molar-refractivity contribution in [3.05, 3.63) is 34.9 Å². The summed E-state index contributed by atoms with van der Waals surface area (Å²) in [4.78, 5) is 14.4. The average Bonchev–Trinajstić information content (AvgIpc) is 2.34. The number of nitrogens with zero attached hydrogens (tertiary/aromatic N) is 1. The van der Waals surface area contributed by atoms with E-state index in [0.29, 0.717) is 18.0 Å². The lowest BCUT2D eigenvalue weighted by Gasteiger charge is -2.32. The molecule has 1 amide bonds. The number of carbonyl (C=O) groups is 1. The van der Waals surface area contributed by atoms with Gasteiger partial charge in [0.05, 0.1) is 0 Å². The monoisotopic (exact) mass is 310 g/mol. The summed E-state index contributed by atoms with van der Waals surface area (Å²) >= 11 is 6.01. The molecule has 0 fully saturated rings. The van der Waals surface area contributed by atoms with Crippen LogP contribution in [0.2, 0.25) is 5.02 Å². The molecule has 1 aromatic rings. The number of amides is 1. The van der Waals surface area contributed by atoms with Gasteiger partial charge in [0, 0.05) is 30.1 Å². The van der Waals surface area contributed by atoms with Crippen molar-refractivity contribution in [3.63, 3.8) is 0 Å². The molecular formula is C17H27ClN2O. The van der Waals surface area contributed by atoms with E-state index in [4.69, 9.17) is 17.3 Å². The first-order valence-electron chi connectivity index (χ1n) is 7.40. The number of carbonyl (C=O) groups excluding carboxylic acids is 1. The van der Waals surface area contributed by atoms with Gasteiger partial charge in [-0.25, -0.2) is 0 Å². The molecule has 118 valence electrons. The molecular weight excluding hydrogens is 284 g/mol. The van der Waals surface area contributed by atoms with E-state index in [1.807, 2.05) is 43.0 Å². The molecule has 21 heavy (non-hydrogen) atoms. The zero-order chi connectivity index (χ0) is 16.2. The van der Waals surface area contributed by atoms with E-state index in [9.17, 15) is 4.79 Å². The maximum Gasteiger partial charge on any atom is 0.224 e. The Morgan fingerprint density at radius 3 is 2.43 bits per heavy atom. The lowest BCUT2D eigenvalue weighted by Crippen LogP contribution is -2.43. The zero-order valence-corrected chi connectivity index (χ0v) is 14.4. The van der Waals surface area contributed by atoms with E-state index >= 15 is 0 Å². The fraction of sp³-hybridized carbons (Fsp3) is 0.588. The maximum atomic E-state index is 12.5. The van der Waals surface area contributed by atoms with Gasteiger partial charge in [0.1, 0.15) is 0 Å². The van der Waals surface area contributed by atoms with Crippen molar-refractivity contribution < 1.29 is 4.79 Å². The molecule has 1 atom stereocenters. The van der Waals surface area contributed by atoms with Crippen LogP contribution in [-0.4, -0.2) is 22.9 Å². The van der Waals surface area contributed by atoms with Crippen LogP contribution in [0.4, 0.5) is 0 Å². The lowest BCUT2D eigenvalue weighted by molar-refractivity contribution is -0.134. The second-order valence-electron chi connectivity index (χ2n) is 6.92. The molecule has 0 bridgehead atoms. The zero-order valence-electron chi connectivity index (χ0n) is 13.7. The van der Waals surface area contributed by atoms with Gasteiger partial charge >= 0.3 is 0 Å². The van der Waals surface area contributed by atoms with Crippen LogP contribution in [0.25, 0.3) is 0 Å². The van der Waals surface area contributed by atoms with Crippen molar-refractivity contribution >= 4 is 17.5 Å². The summed E-state index contributed by atoms with van der Waals surface area (Å²) in [6.07, 6.45) is 0.363. The third-order valence-corrected chi connectivity index (χ3v) is 3.93. The summed E-state index contributed by atoms with van der Waals surface area (Å²) in [6, 6.07) is 7.60. The van der Waals surface area contributed by atoms with Gasteiger partial charge in [0.2, 0.25) is 5.91 Å². The van der Waals surface area contributed by atoms with Gasteiger partial charge in [-0.15, -0.1) is 0 Å². The number of benzene rings is 1. The molecule has 0 aromatic heterocycles. The first-order valence-corrected chi connectivity index (χ1v) is 7.78. The van der Waals surface area contributed by atoms with Gasteiger partial charge in [-0.3, -0.25) is 4.79 Å². The highest BCUT2D eigenvalue weighted by Gasteiger charge is 2.26. The van der Waals surface area contributed by atoms with Gasteiger partial charge < -0.3 is 10.6 Å². The van der Waals surface area contributed by atoms with Gasteiger partial charge in [-0.05, 0) is 37.0 Å². The molecule has 4 heteroatoms. The molecule has 0 heterocycles. The van der Waals surface area contributed by atoms with E-state index in [-0.39, 0.29) is 23.4 Å². The first kappa shape index (κ1) is 18.0. The second-order valence-corrected chi connectivity index (χ2v) is 7.36. The fourth-order valence-electron chi connectivity index (χ4n) is 2.00. The number of halogens is 1. The van der Waals surface area contributed by atoms with Crippen LogP contribution in [0.5, 0.6) is 0 Å². The third-order valence-electron chi connectivity index (χ3n) is 3.69. The largest absolute Gasteiger partial charge is 0.336 e. The molecule has 1 aromatic carbocycles. The highest BCUT2D eigenvalue weighted by Crippen LogP contribution is 2.22. The Morgan fingerprint density at radius 2 is 1.95 bits per heavy atom. The van der Waals surface area contributed by atoms with Crippen LogP contribution in [-0.2, 0) is 11.3 Å². The Morgan fingerprint density at radius 1 is 1.33 bits per heavy atom. The number of nitrogens with two attached hydrogens (primary N) is 1. The highest BCUT2D eigenvalue weighted by molar-refractivity contribution is 6.30.